The summed E-state index contributed by atoms with van der Waals surface area (Å²) >= 11 is 5.90. The monoisotopic (exact) mass is 443 g/mol. The van der Waals surface area contributed by atoms with Crippen LogP contribution in [0.1, 0.15) is 18.4 Å². The van der Waals surface area contributed by atoms with Gasteiger partial charge in [0.25, 0.3) is 0 Å². The van der Waals surface area contributed by atoms with E-state index in [0.717, 1.165) is 12.1 Å². The molecule has 1 fully saturated rings. The Labute approximate surface area is 172 Å². The molecule has 1 saturated carbocycles. The highest BCUT2D eigenvalue weighted by Crippen LogP contribution is 2.57. The average Bonchev–Trinajstić information content (AvgIpc) is 2.70. The van der Waals surface area contributed by atoms with Crippen LogP contribution in [0.2, 0.25) is 5.02 Å². The molecule has 2 aromatic rings. The van der Waals surface area contributed by atoms with Gasteiger partial charge in [0.05, 0.1) is 23.2 Å². The molecule has 0 amide bonds. The van der Waals surface area contributed by atoms with E-state index < -0.39 is 49.9 Å². The first-order valence-electron chi connectivity index (χ1n) is 9.23. The molecule has 9 heteroatoms. The molecular formula is C20H20ClF2NO4S. The molecule has 2 aliphatic rings. The molecule has 1 aliphatic carbocycles. The molecule has 0 aromatic heterocycles. The number of sulfone groups is 1. The zero-order valence-corrected chi connectivity index (χ0v) is 16.9. The second kappa shape index (κ2) is 7.19. The van der Waals surface area contributed by atoms with Crippen LogP contribution in [0.5, 0.6) is 5.75 Å². The lowest BCUT2D eigenvalue weighted by Gasteiger charge is -2.51. The SMILES string of the molecule is NC[C@@H]1[C@H](O)CC[C@@]2(S(=O)(=O)c3ccc(Cl)cc3)c3c(F)ccc(F)c3OC[C@@H]12. The predicted molar refractivity (Wildman–Crippen MR) is 103 cm³/mol. The molecule has 5 nitrogen and oxygen atoms in total. The molecule has 29 heavy (non-hydrogen) atoms. The van der Waals surface area contributed by atoms with E-state index in [-0.39, 0.29) is 36.5 Å². The Kier molecular flexibility index (Phi) is 5.09. The summed E-state index contributed by atoms with van der Waals surface area (Å²) < 4.78 is 61.1. The molecule has 0 unspecified atom stereocenters. The van der Waals surface area contributed by atoms with E-state index in [1.807, 2.05) is 0 Å². The van der Waals surface area contributed by atoms with Crippen molar-refractivity contribution in [1.82, 2.24) is 0 Å². The third-order valence-corrected chi connectivity index (χ3v) is 9.00. The van der Waals surface area contributed by atoms with Crippen molar-refractivity contribution in [3.63, 3.8) is 0 Å². The molecule has 0 saturated heterocycles. The van der Waals surface area contributed by atoms with E-state index in [1.54, 1.807) is 0 Å². The highest BCUT2D eigenvalue weighted by Gasteiger charge is 2.62. The Balaban J connectivity index is 2.04. The van der Waals surface area contributed by atoms with Crippen LogP contribution in [-0.4, -0.2) is 32.8 Å². The number of aliphatic hydroxyl groups is 1. The van der Waals surface area contributed by atoms with Gasteiger partial charge < -0.3 is 15.6 Å². The molecule has 1 aliphatic heterocycles. The smallest absolute Gasteiger partial charge is 0.188 e. The summed E-state index contributed by atoms with van der Waals surface area (Å²) in [6.45, 7) is -0.210. The Morgan fingerprint density at radius 1 is 1.17 bits per heavy atom. The molecule has 4 rings (SSSR count). The van der Waals surface area contributed by atoms with Crippen LogP contribution < -0.4 is 10.5 Å². The van der Waals surface area contributed by atoms with Crippen LogP contribution in [0.4, 0.5) is 8.78 Å². The van der Waals surface area contributed by atoms with Crippen LogP contribution in [0.3, 0.4) is 0 Å². The Morgan fingerprint density at radius 2 is 1.83 bits per heavy atom. The number of fused-ring (bicyclic) bond motifs is 3. The van der Waals surface area contributed by atoms with E-state index >= 15 is 4.39 Å². The largest absolute Gasteiger partial charge is 0.490 e. The minimum absolute atomic E-state index is 0.0145. The van der Waals surface area contributed by atoms with E-state index in [2.05, 4.69) is 0 Å². The fraction of sp³-hybridized carbons (Fsp3) is 0.400. The fourth-order valence-corrected chi connectivity index (χ4v) is 7.33. The van der Waals surface area contributed by atoms with Gasteiger partial charge >= 0.3 is 0 Å². The van der Waals surface area contributed by atoms with Crippen LogP contribution in [0.15, 0.2) is 41.3 Å². The maximum Gasteiger partial charge on any atom is 0.188 e. The van der Waals surface area contributed by atoms with Crippen LogP contribution >= 0.6 is 11.6 Å². The molecule has 4 atom stereocenters. The summed E-state index contributed by atoms with van der Waals surface area (Å²) in [6.07, 6.45) is -0.863. The van der Waals surface area contributed by atoms with Crippen molar-refractivity contribution in [2.24, 2.45) is 17.6 Å². The highest BCUT2D eigenvalue weighted by molar-refractivity contribution is 7.92. The van der Waals surface area contributed by atoms with Crippen molar-refractivity contribution < 1.29 is 27.0 Å². The molecule has 0 radical (unpaired) electrons. The average molecular weight is 444 g/mol. The van der Waals surface area contributed by atoms with Gasteiger partial charge in [0.2, 0.25) is 0 Å². The predicted octanol–water partition coefficient (Wildman–Crippen LogP) is 3.03. The van der Waals surface area contributed by atoms with Gasteiger partial charge in [-0.25, -0.2) is 17.2 Å². The minimum atomic E-state index is -4.23. The zero-order valence-electron chi connectivity index (χ0n) is 15.3. The number of hydrogen-bond donors (Lipinski definition) is 2. The molecule has 2 aromatic carbocycles. The standard InChI is InChI=1S/C20H20ClF2NO4S/c21-11-1-3-12(4-2-11)29(26,27)20-8-7-17(25)13(9-24)14(20)10-28-19-16(23)6-5-15(22)18(19)20/h1-6,13-14,17,25H,7-10,24H2/t13-,14-,17+,20-/m0/s1. The second-order valence-electron chi connectivity index (χ2n) is 7.50. The molecule has 0 spiro atoms. The minimum Gasteiger partial charge on any atom is -0.490 e. The summed E-state index contributed by atoms with van der Waals surface area (Å²) in [5.74, 6) is -3.59. The van der Waals surface area contributed by atoms with Crippen molar-refractivity contribution in [3.8, 4) is 5.75 Å². The first-order valence-corrected chi connectivity index (χ1v) is 11.1. The number of halogens is 3. The van der Waals surface area contributed by atoms with Crippen LogP contribution in [-0.2, 0) is 14.6 Å². The van der Waals surface area contributed by atoms with Gasteiger partial charge in [-0.05, 0) is 55.8 Å². The van der Waals surface area contributed by atoms with Crippen molar-refractivity contribution in [3.05, 3.63) is 58.6 Å². The molecule has 156 valence electrons. The molecule has 3 N–H and O–H groups in total. The van der Waals surface area contributed by atoms with Crippen LogP contribution in [0.25, 0.3) is 0 Å². The van der Waals surface area contributed by atoms with Crippen molar-refractivity contribution in [2.45, 2.75) is 28.6 Å². The number of aliphatic hydroxyl groups excluding tert-OH is 1. The van der Waals surface area contributed by atoms with E-state index in [4.69, 9.17) is 22.1 Å². The molecule has 1 heterocycles. The lowest BCUT2D eigenvalue weighted by atomic mass is 9.66. The Morgan fingerprint density at radius 3 is 2.48 bits per heavy atom. The van der Waals surface area contributed by atoms with Gasteiger partial charge in [-0.3, -0.25) is 0 Å². The summed E-state index contributed by atoms with van der Waals surface area (Å²) in [6, 6.07) is 7.37. The zero-order chi connectivity index (χ0) is 21.0. The topological polar surface area (TPSA) is 89.6 Å². The van der Waals surface area contributed by atoms with Crippen LogP contribution in [0, 0.1) is 23.5 Å². The molecular weight excluding hydrogens is 424 g/mol. The number of benzene rings is 2. The van der Waals surface area contributed by atoms with Gasteiger partial charge in [0.15, 0.2) is 21.4 Å². The normalized spacial score (nSPS) is 28.9. The molecule has 0 bridgehead atoms. The number of hydrogen-bond acceptors (Lipinski definition) is 5. The summed E-state index contributed by atoms with van der Waals surface area (Å²) in [5.41, 5.74) is 5.53. The van der Waals surface area contributed by atoms with Gasteiger partial charge in [-0.2, -0.15) is 0 Å². The van der Waals surface area contributed by atoms with Gasteiger partial charge in [0.1, 0.15) is 10.6 Å². The quantitative estimate of drug-likeness (QED) is 0.761. The van der Waals surface area contributed by atoms with Crippen molar-refractivity contribution >= 4 is 21.4 Å². The third kappa shape index (κ3) is 2.88. The van der Waals surface area contributed by atoms with E-state index in [0.29, 0.717) is 5.02 Å². The van der Waals surface area contributed by atoms with Gasteiger partial charge in [-0.15, -0.1) is 0 Å². The Hall–Kier alpha value is -1.74. The number of nitrogens with two attached hydrogens (primary N) is 1. The summed E-state index contributed by atoms with van der Waals surface area (Å²) in [7, 11) is -4.23. The number of rotatable bonds is 3. The maximum atomic E-state index is 15.1. The van der Waals surface area contributed by atoms with Gasteiger partial charge in [-0.1, -0.05) is 11.6 Å². The third-order valence-electron chi connectivity index (χ3n) is 6.19. The summed E-state index contributed by atoms with van der Waals surface area (Å²) in [4.78, 5) is -0.0597. The summed E-state index contributed by atoms with van der Waals surface area (Å²) in [5, 5.41) is 10.8. The van der Waals surface area contributed by atoms with E-state index in [9.17, 15) is 17.9 Å². The van der Waals surface area contributed by atoms with Crippen molar-refractivity contribution in [2.75, 3.05) is 13.2 Å². The van der Waals surface area contributed by atoms with Gasteiger partial charge in [0, 0.05) is 16.9 Å². The second-order valence-corrected chi connectivity index (χ2v) is 10.1. The highest BCUT2D eigenvalue weighted by atomic mass is 35.5. The lowest BCUT2D eigenvalue weighted by Crippen LogP contribution is -2.58. The van der Waals surface area contributed by atoms with E-state index in [1.165, 1.54) is 24.3 Å². The lowest BCUT2D eigenvalue weighted by molar-refractivity contribution is -0.0161. The maximum absolute atomic E-state index is 15.1. The van der Waals surface area contributed by atoms with Crippen molar-refractivity contribution in [1.29, 1.82) is 0 Å². The first kappa shape index (κ1) is 20.5. The first-order chi connectivity index (χ1) is 13.7. The number of ether oxygens (including phenoxy) is 1. The fourth-order valence-electron chi connectivity index (χ4n) is 4.80. The Bertz CT molecular complexity index is 1050.